The zero-order valence-corrected chi connectivity index (χ0v) is 19.3. The molecule has 0 bridgehead atoms. The molecule has 2 heterocycles. The highest BCUT2D eigenvalue weighted by Gasteiger charge is 2.43. The van der Waals surface area contributed by atoms with Crippen LogP contribution in [0.1, 0.15) is 55.6 Å². The van der Waals surface area contributed by atoms with E-state index in [-0.39, 0.29) is 18.8 Å². The van der Waals surface area contributed by atoms with E-state index in [1.807, 2.05) is 18.2 Å². The lowest BCUT2D eigenvalue weighted by Gasteiger charge is -2.41. The van der Waals surface area contributed by atoms with Gasteiger partial charge in [0.1, 0.15) is 5.75 Å². The van der Waals surface area contributed by atoms with E-state index in [1.54, 1.807) is 27.4 Å². The van der Waals surface area contributed by atoms with Crippen molar-refractivity contribution in [2.24, 2.45) is 0 Å². The van der Waals surface area contributed by atoms with Crippen molar-refractivity contribution in [3.63, 3.8) is 0 Å². The number of hydrogen-bond acceptors (Lipinski definition) is 8. The standard InChI is InChI=1S/C25H31NO7/c1-28-22-9-15(10-23(29-2)24(22)30-3)18-13-25(27,26-16-7-5-4-6-8-16)33-19-12-21-20(11-17(18)19)31-14-32-21/h9-12,16,18,26-27H,4-8,13-14H2,1-3H3. The quantitative estimate of drug-likeness (QED) is 0.631. The lowest BCUT2D eigenvalue weighted by molar-refractivity contribution is -0.185. The fourth-order valence-electron chi connectivity index (χ4n) is 5.16. The van der Waals surface area contributed by atoms with Crippen molar-refractivity contribution < 1.29 is 33.5 Å². The zero-order chi connectivity index (χ0) is 23.0. The van der Waals surface area contributed by atoms with Crippen LogP contribution in [0.5, 0.6) is 34.5 Å². The Bertz CT molecular complexity index is 995. The van der Waals surface area contributed by atoms with Crippen LogP contribution in [0.2, 0.25) is 0 Å². The molecular formula is C25H31NO7. The molecule has 8 nitrogen and oxygen atoms in total. The summed E-state index contributed by atoms with van der Waals surface area (Å²) in [5.74, 6) is 1.76. The summed E-state index contributed by atoms with van der Waals surface area (Å²) in [5, 5.41) is 15.0. The van der Waals surface area contributed by atoms with Crippen molar-refractivity contribution >= 4 is 0 Å². The van der Waals surface area contributed by atoms with Gasteiger partial charge in [-0.1, -0.05) is 19.3 Å². The Balaban J connectivity index is 1.58. The lowest BCUT2D eigenvalue weighted by atomic mass is 9.83. The van der Waals surface area contributed by atoms with Gasteiger partial charge in [0.15, 0.2) is 23.0 Å². The SMILES string of the molecule is COc1cc(C2CC(O)(NC3CCCCC3)Oc3cc4c(cc32)OCO4)cc(OC)c1OC. The van der Waals surface area contributed by atoms with Crippen LogP contribution in [0.25, 0.3) is 0 Å². The predicted octanol–water partition coefficient (Wildman–Crippen LogP) is 3.92. The van der Waals surface area contributed by atoms with Gasteiger partial charge < -0.3 is 33.5 Å². The number of nitrogens with one attached hydrogen (secondary N) is 1. The molecule has 2 unspecified atom stereocenters. The molecule has 0 spiro atoms. The summed E-state index contributed by atoms with van der Waals surface area (Å²) in [7, 11) is 4.77. The first kappa shape index (κ1) is 22.0. The molecule has 2 aromatic carbocycles. The first-order valence-corrected chi connectivity index (χ1v) is 11.5. The van der Waals surface area contributed by atoms with E-state index >= 15 is 0 Å². The fraction of sp³-hybridized carbons (Fsp3) is 0.520. The van der Waals surface area contributed by atoms with Crippen LogP contribution >= 0.6 is 0 Å². The van der Waals surface area contributed by atoms with E-state index in [2.05, 4.69) is 5.32 Å². The minimum atomic E-state index is -1.52. The Hall–Kier alpha value is -2.84. The van der Waals surface area contributed by atoms with Crippen molar-refractivity contribution in [1.82, 2.24) is 5.32 Å². The largest absolute Gasteiger partial charge is 0.493 e. The summed E-state index contributed by atoms with van der Waals surface area (Å²) in [5.41, 5.74) is 1.82. The molecule has 0 amide bonds. The topological polar surface area (TPSA) is 87.6 Å². The second-order valence-corrected chi connectivity index (χ2v) is 8.82. The molecule has 8 heteroatoms. The normalized spacial score (nSPS) is 24.1. The summed E-state index contributed by atoms with van der Waals surface area (Å²) in [6, 6.07) is 7.79. The van der Waals surface area contributed by atoms with Gasteiger partial charge in [-0.05, 0) is 36.6 Å². The molecule has 0 saturated heterocycles. The summed E-state index contributed by atoms with van der Waals surface area (Å²) in [6.07, 6.45) is 5.90. The molecule has 1 aliphatic carbocycles. The smallest absolute Gasteiger partial charge is 0.269 e. The van der Waals surface area contributed by atoms with Gasteiger partial charge in [-0.15, -0.1) is 0 Å². The maximum absolute atomic E-state index is 11.6. The predicted molar refractivity (Wildman–Crippen MR) is 121 cm³/mol. The average Bonchev–Trinajstić information content (AvgIpc) is 3.29. The van der Waals surface area contributed by atoms with Gasteiger partial charge in [0.25, 0.3) is 5.91 Å². The zero-order valence-electron chi connectivity index (χ0n) is 19.3. The monoisotopic (exact) mass is 457 g/mol. The summed E-state index contributed by atoms with van der Waals surface area (Å²) in [4.78, 5) is 0. The highest BCUT2D eigenvalue weighted by Crippen LogP contribution is 2.51. The van der Waals surface area contributed by atoms with Gasteiger partial charge in [-0.25, -0.2) is 0 Å². The summed E-state index contributed by atoms with van der Waals surface area (Å²) >= 11 is 0. The van der Waals surface area contributed by atoms with Gasteiger partial charge in [-0.2, -0.15) is 0 Å². The van der Waals surface area contributed by atoms with E-state index < -0.39 is 5.91 Å². The van der Waals surface area contributed by atoms with Crippen LogP contribution in [0.3, 0.4) is 0 Å². The fourth-order valence-corrected chi connectivity index (χ4v) is 5.16. The molecule has 2 N–H and O–H groups in total. The van der Waals surface area contributed by atoms with E-state index in [0.717, 1.165) is 36.8 Å². The molecule has 33 heavy (non-hydrogen) atoms. The van der Waals surface area contributed by atoms with Crippen LogP contribution in [0.4, 0.5) is 0 Å². The van der Waals surface area contributed by atoms with Gasteiger partial charge >= 0.3 is 0 Å². The van der Waals surface area contributed by atoms with E-state index in [9.17, 15) is 5.11 Å². The van der Waals surface area contributed by atoms with Crippen molar-refractivity contribution in [2.45, 2.75) is 56.4 Å². The molecule has 1 fully saturated rings. The minimum Gasteiger partial charge on any atom is -0.493 e. The van der Waals surface area contributed by atoms with Crippen molar-refractivity contribution in [1.29, 1.82) is 0 Å². The van der Waals surface area contributed by atoms with Crippen LogP contribution in [-0.4, -0.2) is 45.2 Å². The first-order valence-electron chi connectivity index (χ1n) is 11.5. The molecule has 3 aliphatic rings. The van der Waals surface area contributed by atoms with Crippen molar-refractivity contribution in [3.05, 3.63) is 35.4 Å². The van der Waals surface area contributed by atoms with Crippen LogP contribution < -0.4 is 33.7 Å². The third kappa shape index (κ3) is 4.13. The molecular weight excluding hydrogens is 426 g/mol. The van der Waals surface area contributed by atoms with E-state index in [4.69, 9.17) is 28.4 Å². The van der Waals surface area contributed by atoms with Crippen LogP contribution in [0.15, 0.2) is 24.3 Å². The highest BCUT2D eigenvalue weighted by molar-refractivity contribution is 5.59. The third-order valence-corrected chi connectivity index (χ3v) is 6.76. The summed E-state index contributed by atoms with van der Waals surface area (Å²) in [6.45, 7) is 0.164. The average molecular weight is 458 g/mol. The number of aliphatic hydroxyl groups is 1. The third-order valence-electron chi connectivity index (χ3n) is 6.76. The Labute approximate surface area is 193 Å². The van der Waals surface area contributed by atoms with E-state index in [1.165, 1.54) is 6.42 Å². The minimum absolute atomic E-state index is 0.164. The van der Waals surface area contributed by atoms with Crippen molar-refractivity contribution in [2.75, 3.05) is 28.1 Å². The number of benzene rings is 2. The second kappa shape index (κ2) is 8.83. The van der Waals surface area contributed by atoms with Crippen LogP contribution in [0, 0.1) is 0 Å². The Morgan fingerprint density at radius 3 is 2.18 bits per heavy atom. The van der Waals surface area contributed by atoms with Gasteiger partial charge in [0, 0.05) is 30.0 Å². The lowest BCUT2D eigenvalue weighted by Crippen LogP contribution is -2.57. The Kier molecular flexibility index (Phi) is 5.88. The second-order valence-electron chi connectivity index (χ2n) is 8.82. The number of hydrogen-bond donors (Lipinski definition) is 2. The Morgan fingerprint density at radius 1 is 0.879 bits per heavy atom. The molecule has 0 radical (unpaired) electrons. The van der Waals surface area contributed by atoms with Crippen molar-refractivity contribution in [3.8, 4) is 34.5 Å². The number of ether oxygens (including phenoxy) is 6. The molecule has 5 rings (SSSR count). The van der Waals surface area contributed by atoms with Gasteiger partial charge in [-0.3, -0.25) is 5.32 Å². The molecule has 2 aliphatic heterocycles. The molecule has 2 aromatic rings. The number of fused-ring (bicyclic) bond motifs is 2. The first-order chi connectivity index (χ1) is 16.0. The number of methoxy groups -OCH3 is 3. The Morgan fingerprint density at radius 2 is 1.55 bits per heavy atom. The van der Waals surface area contributed by atoms with Gasteiger partial charge in [0.05, 0.1) is 21.3 Å². The number of rotatable bonds is 6. The molecule has 0 aromatic heterocycles. The summed E-state index contributed by atoms with van der Waals surface area (Å²) < 4.78 is 34.0. The van der Waals surface area contributed by atoms with E-state index in [0.29, 0.717) is 40.9 Å². The highest BCUT2D eigenvalue weighted by atomic mass is 16.7. The molecule has 178 valence electrons. The molecule has 1 saturated carbocycles. The van der Waals surface area contributed by atoms with Crippen LogP contribution in [-0.2, 0) is 0 Å². The van der Waals surface area contributed by atoms with Gasteiger partial charge in [0.2, 0.25) is 12.5 Å². The maximum Gasteiger partial charge on any atom is 0.269 e. The molecule has 2 atom stereocenters. The maximum atomic E-state index is 11.6.